The summed E-state index contributed by atoms with van der Waals surface area (Å²) in [6.45, 7) is 0.987. The zero-order valence-electron chi connectivity index (χ0n) is 6.96. The van der Waals surface area contributed by atoms with Gasteiger partial charge in [-0.15, -0.1) is 0 Å². The Kier molecular flexibility index (Phi) is 5.36. The summed E-state index contributed by atoms with van der Waals surface area (Å²) in [6.07, 6.45) is -5.15. The molecule has 0 aliphatic carbocycles. The van der Waals surface area contributed by atoms with Gasteiger partial charge in [0.05, 0.1) is 12.7 Å². The predicted molar refractivity (Wildman–Crippen MR) is 41.4 cm³/mol. The third kappa shape index (κ3) is 3.04. The molecule has 5 N–H and O–H groups in total. The first-order valence-electron chi connectivity index (χ1n) is 3.87. The van der Waals surface area contributed by atoms with Gasteiger partial charge in [0.2, 0.25) is 0 Å². The summed E-state index contributed by atoms with van der Waals surface area (Å²) in [7, 11) is 0. The second-order valence-electron chi connectivity index (χ2n) is 2.71. The van der Waals surface area contributed by atoms with Crippen LogP contribution >= 0.6 is 0 Å². The highest BCUT2D eigenvalue weighted by atomic mass is 16.4. The molecule has 0 saturated carbocycles. The number of aliphatic hydroxyl groups excluding tert-OH is 5. The van der Waals surface area contributed by atoms with E-state index >= 15 is 0 Å². The standard InChI is InChI=1S/C7H16O5/c1-2-4(9)6(11)7(12)5(10)3-8/h4-12H,2-3H2,1H3/t4?,5?,6-,7-/m1/s1. The molecule has 0 radical (unpaired) electrons. The molecule has 0 heterocycles. The topological polar surface area (TPSA) is 101 Å². The normalized spacial score (nSPS) is 21.5. The average Bonchev–Trinajstić information content (AvgIpc) is 2.12. The zero-order valence-corrected chi connectivity index (χ0v) is 6.96. The minimum absolute atomic E-state index is 0.274. The zero-order chi connectivity index (χ0) is 9.72. The monoisotopic (exact) mass is 180 g/mol. The van der Waals surface area contributed by atoms with Crippen LogP contribution in [0.1, 0.15) is 13.3 Å². The molecule has 0 aliphatic rings. The highest BCUT2D eigenvalue weighted by Gasteiger charge is 2.28. The molecule has 5 heteroatoms. The molecule has 12 heavy (non-hydrogen) atoms. The van der Waals surface area contributed by atoms with Crippen LogP contribution in [-0.2, 0) is 0 Å². The molecule has 0 saturated heterocycles. The Bertz CT molecular complexity index is 104. The van der Waals surface area contributed by atoms with Gasteiger partial charge in [0.15, 0.2) is 0 Å². The van der Waals surface area contributed by atoms with E-state index < -0.39 is 31.0 Å². The maximum Gasteiger partial charge on any atom is 0.110 e. The van der Waals surface area contributed by atoms with Crippen LogP contribution in [0.3, 0.4) is 0 Å². The van der Waals surface area contributed by atoms with Gasteiger partial charge in [-0.05, 0) is 6.42 Å². The third-order valence-corrected chi connectivity index (χ3v) is 1.74. The van der Waals surface area contributed by atoms with E-state index in [-0.39, 0.29) is 6.42 Å². The Morgan fingerprint density at radius 1 is 0.917 bits per heavy atom. The molecule has 0 spiro atoms. The lowest BCUT2D eigenvalue weighted by molar-refractivity contribution is -0.115. The van der Waals surface area contributed by atoms with Gasteiger partial charge in [-0.1, -0.05) is 6.92 Å². The molecule has 0 aromatic carbocycles. The molecule has 0 aromatic rings. The highest BCUT2D eigenvalue weighted by molar-refractivity contribution is 4.79. The highest BCUT2D eigenvalue weighted by Crippen LogP contribution is 2.06. The summed E-state index contributed by atoms with van der Waals surface area (Å²) in [5.74, 6) is 0. The molecule has 2 unspecified atom stereocenters. The molecule has 0 bridgehead atoms. The number of hydrogen-bond donors (Lipinski definition) is 5. The van der Waals surface area contributed by atoms with Crippen LogP contribution in [0.5, 0.6) is 0 Å². The fourth-order valence-electron chi connectivity index (χ4n) is 0.805. The summed E-state index contributed by atoms with van der Waals surface area (Å²) in [5.41, 5.74) is 0. The molecule has 0 amide bonds. The van der Waals surface area contributed by atoms with Crippen molar-refractivity contribution in [3.63, 3.8) is 0 Å². The molecule has 4 atom stereocenters. The van der Waals surface area contributed by atoms with E-state index in [2.05, 4.69) is 0 Å². The Morgan fingerprint density at radius 2 is 1.33 bits per heavy atom. The van der Waals surface area contributed by atoms with Crippen LogP contribution in [-0.4, -0.2) is 56.6 Å². The van der Waals surface area contributed by atoms with Gasteiger partial charge in [0.25, 0.3) is 0 Å². The number of aliphatic hydroxyl groups is 5. The fourth-order valence-corrected chi connectivity index (χ4v) is 0.805. The van der Waals surface area contributed by atoms with Crippen molar-refractivity contribution in [2.45, 2.75) is 37.8 Å². The van der Waals surface area contributed by atoms with Crippen LogP contribution in [0.4, 0.5) is 0 Å². The lowest BCUT2D eigenvalue weighted by Crippen LogP contribution is -2.45. The van der Waals surface area contributed by atoms with Gasteiger partial charge in [-0.2, -0.15) is 0 Å². The molecular weight excluding hydrogens is 164 g/mol. The third-order valence-electron chi connectivity index (χ3n) is 1.74. The van der Waals surface area contributed by atoms with Crippen LogP contribution in [0.25, 0.3) is 0 Å². The fraction of sp³-hybridized carbons (Fsp3) is 1.00. The minimum atomic E-state index is -1.51. The van der Waals surface area contributed by atoms with Crippen molar-refractivity contribution in [1.82, 2.24) is 0 Å². The first-order valence-corrected chi connectivity index (χ1v) is 3.87. The summed E-state index contributed by atoms with van der Waals surface area (Å²) >= 11 is 0. The van der Waals surface area contributed by atoms with Gasteiger partial charge in [0, 0.05) is 0 Å². The lowest BCUT2D eigenvalue weighted by atomic mass is 10.0. The van der Waals surface area contributed by atoms with Crippen LogP contribution in [0.15, 0.2) is 0 Å². The molecule has 5 nitrogen and oxygen atoms in total. The minimum Gasteiger partial charge on any atom is -0.394 e. The largest absolute Gasteiger partial charge is 0.394 e. The van der Waals surface area contributed by atoms with Crippen LogP contribution < -0.4 is 0 Å². The maximum atomic E-state index is 9.12. The van der Waals surface area contributed by atoms with Crippen molar-refractivity contribution in [2.24, 2.45) is 0 Å². The van der Waals surface area contributed by atoms with Crippen molar-refractivity contribution < 1.29 is 25.5 Å². The molecule has 0 aliphatic heterocycles. The Morgan fingerprint density at radius 3 is 1.67 bits per heavy atom. The maximum absolute atomic E-state index is 9.12. The number of hydrogen-bond acceptors (Lipinski definition) is 5. The molecular formula is C7H16O5. The van der Waals surface area contributed by atoms with E-state index in [1.165, 1.54) is 0 Å². The molecule has 0 aromatic heterocycles. The first kappa shape index (κ1) is 11.8. The van der Waals surface area contributed by atoms with E-state index in [1.54, 1.807) is 6.92 Å². The van der Waals surface area contributed by atoms with Crippen LogP contribution in [0, 0.1) is 0 Å². The van der Waals surface area contributed by atoms with E-state index in [4.69, 9.17) is 25.5 Å². The quantitative estimate of drug-likeness (QED) is 0.331. The van der Waals surface area contributed by atoms with E-state index in [1.807, 2.05) is 0 Å². The van der Waals surface area contributed by atoms with E-state index in [0.29, 0.717) is 0 Å². The van der Waals surface area contributed by atoms with Gasteiger partial charge in [-0.3, -0.25) is 0 Å². The van der Waals surface area contributed by atoms with Crippen molar-refractivity contribution in [3.8, 4) is 0 Å². The predicted octanol–water partition coefficient (Wildman–Crippen LogP) is -2.17. The second kappa shape index (κ2) is 5.45. The summed E-state index contributed by atoms with van der Waals surface area (Å²) < 4.78 is 0. The second-order valence-corrected chi connectivity index (χ2v) is 2.71. The SMILES string of the molecule is CCC(O)[C@@H](O)[C@H](O)C(O)CO. The Hall–Kier alpha value is -0.200. The molecule has 74 valence electrons. The smallest absolute Gasteiger partial charge is 0.110 e. The van der Waals surface area contributed by atoms with E-state index in [0.717, 1.165) is 0 Å². The Balaban J connectivity index is 3.99. The summed E-state index contributed by atoms with van der Waals surface area (Å²) in [4.78, 5) is 0. The number of rotatable bonds is 5. The summed E-state index contributed by atoms with van der Waals surface area (Å²) in [6, 6.07) is 0. The molecule has 0 rings (SSSR count). The van der Waals surface area contributed by atoms with Crippen molar-refractivity contribution in [1.29, 1.82) is 0 Å². The van der Waals surface area contributed by atoms with Gasteiger partial charge in [0.1, 0.15) is 18.3 Å². The Labute approximate surface area is 70.9 Å². The lowest BCUT2D eigenvalue weighted by Gasteiger charge is -2.24. The van der Waals surface area contributed by atoms with Gasteiger partial charge >= 0.3 is 0 Å². The van der Waals surface area contributed by atoms with Gasteiger partial charge in [-0.25, -0.2) is 0 Å². The molecule has 0 fully saturated rings. The van der Waals surface area contributed by atoms with E-state index in [9.17, 15) is 0 Å². The van der Waals surface area contributed by atoms with Crippen molar-refractivity contribution in [2.75, 3.05) is 6.61 Å². The first-order chi connectivity index (χ1) is 5.54. The van der Waals surface area contributed by atoms with Crippen molar-refractivity contribution in [3.05, 3.63) is 0 Å². The van der Waals surface area contributed by atoms with Gasteiger partial charge < -0.3 is 25.5 Å². The van der Waals surface area contributed by atoms with Crippen molar-refractivity contribution >= 4 is 0 Å². The summed E-state index contributed by atoms with van der Waals surface area (Å²) in [5, 5.41) is 44.5. The average molecular weight is 180 g/mol. The van der Waals surface area contributed by atoms with Crippen LogP contribution in [0.2, 0.25) is 0 Å².